The molecule has 2 aromatic rings. The van der Waals surface area contributed by atoms with Gasteiger partial charge in [0.1, 0.15) is 0 Å². The number of carbonyl (C=O) groups is 3. The van der Waals surface area contributed by atoms with Gasteiger partial charge in [-0.15, -0.1) is 0 Å². The molecule has 3 heterocycles. The molecule has 3 aliphatic heterocycles. The van der Waals surface area contributed by atoms with E-state index in [0.29, 0.717) is 32.1 Å². The predicted octanol–water partition coefficient (Wildman–Crippen LogP) is 4.99. The maximum Gasteiger partial charge on any atom is 0.322 e. The number of nitrogens with zero attached hydrogens (tertiary/aromatic N) is 4. The molecule has 1 N–H and O–H groups in total. The molecule has 0 aromatic heterocycles. The lowest BCUT2D eigenvalue weighted by Gasteiger charge is -2.39. The van der Waals surface area contributed by atoms with Crippen LogP contribution in [0.2, 0.25) is 0 Å². The molecule has 5 rings (SSSR count). The highest BCUT2D eigenvalue weighted by molar-refractivity contribution is 5.91. The zero-order chi connectivity index (χ0) is 31.2. The fourth-order valence-corrected chi connectivity index (χ4v) is 7.38. The Morgan fingerprint density at radius 2 is 1.57 bits per heavy atom. The third-order valence-electron chi connectivity index (χ3n) is 10.2. The van der Waals surface area contributed by atoms with Crippen LogP contribution in [0.1, 0.15) is 68.2 Å². The maximum atomic E-state index is 14.0. The molecule has 1 atom stereocenters. The Morgan fingerprint density at radius 3 is 2.25 bits per heavy atom. The number of anilines is 1. The monoisotopic (exact) mass is 601 g/mol. The highest BCUT2D eigenvalue weighted by Gasteiger charge is 2.35. The second-order valence-corrected chi connectivity index (χ2v) is 13.1. The lowest BCUT2D eigenvalue weighted by Crippen LogP contribution is -2.51. The maximum absolute atomic E-state index is 14.0. The van der Waals surface area contributed by atoms with Crippen LogP contribution < -0.4 is 5.32 Å². The number of carbonyl (C=O) groups excluding carboxylic acids is 3. The summed E-state index contributed by atoms with van der Waals surface area (Å²) in [7, 11) is 4.21. The van der Waals surface area contributed by atoms with Crippen LogP contribution in [-0.2, 0) is 35.3 Å². The molecule has 0 spiro atoms. The second kappa shape index (κ2) is 14.6. The average Bonchev–Trinajstić information content (AvgIpc) is 3.22. The molecule has 8 heteroatoms. The van der Waals surface area contributed by atoms with E-state index in [9.17, 15) is 14.4 Å². The normalized spacial score (nSPS) is 19.0. The van der Waals surface area contributed by atoms with E-state index in [1.807, 2.05) is 32.9 Å². The first-order valence-electron chi connectivity index (χ1n) is 16.8. The lowest BCUT2D eigenvalue weighted by molar-refractivity contribution is -0.143. The van der Waals surface area contributed by atoms with Crippen LogP contribution in [0.4, 0.5) is 10.5 Å². The molecule has 0 radical (unpaired) electrons. The summed E-state index contributed by atoms with van der Waals surface area (Å²) in [6.45, 7) is 7.75. The van der Waals surface area contributed by atoms with Gasteiger partial charge >= 0.3 is 6.03 Å². The average molecular weight is 602 g/mol. The quantitative estimate of drug-likeness (QED) is 0.439. The number of para-hydroxylation sites is 1. The van der Waals surface area contributed by atoms with Crippen molar-refractivity contribution in [2.45, 2.75) is 83.7 Å². The molecule has 3 aliphatic rings. The van der Waals surface area contributed by atoms with Gasteiger partial charge in [-0.1, -0.05) is 50.2 Å². The Labute approximate surface area is 263 Å². The fraction of sp³-hybridized carbons (Fsp3) is 0.583. The number of amides is 4. The van der Waals surface area contributed by atoms with Crippen molar-refractivity contribution in [2.75, 3.05) is 52.1 Å². The Morgan fingerprint density at radius 1 is 0.886 bits per heavy atom. The van der Waals surface area contributed by atoms with E-state index >= 15 is 0 Å². The second-order valence-electron chi connectivity index (χ2n) is 13.1. The summed E-state index contributed by atoms with van der Waals surface area (Å²) in [6.07, 6.45) is 7.03. The Kier molecular flexibility index (Phi) is 10.6. The number of rotatable bonds is 9. The van der Waals surface area contributed by atoms with Crippen LogP contribution in [0.25, 0.3) is 0 Å². The van der Waals surface area contributed by atoms with E-state index in [0.717, 1.165) is 74.8 Å². The molecular formula is C36H51N5O3. The Bertz CT molecular complexity index is 1310. The summed E-state index contributed by atoms with van der Waals surface area (Å²) in [6, 6.07) is 15.1. The van der Waals surface area contributed by atoms with E-state index in [1.54, 1.807) is 0 Å². The Hall–Kier alpha value is -3.39. The zero-order valence-electron chi connectivity index (χ0n) is 27.2. The van der Waals surface area contributed by atoms with E-state index in [-0.39, 0.29) is 36.2 Å². The van der Waals surface area contributed by atoms with Crippen molar-refractivity contribution in [3.63, 3.8) is 0 Å². The molecular weight excluding hydrogens is 550 g/mol. The lowest BCUT2D eigenvalue weighted by atomic mass is 9.90. The first-order chi connectivity index (χ1) is 21.3. The minimum absolute atomic E-state index is 0.0519. The van der Waals surface area contributed by atoms with E-state index in [2.05, 4.69) is 62.4 Å². The Balaban J connectivity index is 1.23. The van der Waals surface area contributed by atoms with Crippen LogP contribution in [0.5, 0.6) is 0 Å². The number of piperidine rings is 2. The summed E-state index contributed by atoms with van der Waals surface area (Å²) in [5.41, 5.74) is 5.88. The van der Waals surface area contributed by atoms with Gasteiger partial charge < -0.3 is 24.9 Å². The number of likely N-dealkylation sites (tertiary alicyclic amines) is 2. The number of urea groups is 1. The molecule has 2 aromatic carbocycles. The molecule has 2 saturated heterocycles. The van der Waals surface area contributed by atoms with E-state index < -0.39 is 0 Å². The molecule has 0 bridgehead atoms. The molecule has 8 nitrogen and oxygen atoms in total. The predicted molar refractivity (Wildman–Crippen MR) is 176 cm³/mol. The van der Waals surface area contributed by atoms with Crippen molar-refractivity contribution >= 4 is 23.5 Å². The van der Waals surface area contributed by atoms with Gasteiger partial charge in [0.05, 0.1) is 5.92 Å². The summed E-state index contributed by atoms with van der Waals surface area (Å²) in [5, 5.41) is 3.08. The van der Waals surface area contributed by atoms with Crippen LogP contribution >= 0.6 is 0 Å². The standard InChI is InChI=1S/C36H51N5O3/c1-5-27-12-11-26(23-28(27)6-2)24-30(35(43)40-20-14-31(15-21-40)38(3)4)25-34(42)39-18-16-32(17-19-39)41-22-13-29-9-7-8-10-33(29)37-36(41)44/h7-12,23,30-32H,5-6,13-22,24-25H2,1-4H3,(H,37,44)/t30-/m0/s1. The zero-order valence-corrected chi connectivity index (χ0v) is 27.2. The summed E-state index contributed by atoms with van der Waals surface area (Å²) in [4.78, 5) is 48.9. The SMILES string of the molecule is CCc1ccc(C[C@@H](CC(=O)N2CCC(N3CCc4ccccc4NC3=O)CC2)C(=O)N2CCC(N(C)C)CC2)cc1CC. The highest BCUT2D eigenvalue weighted by atomic mass is 16.2. The van der Waals surface area contributed by atoms with Gasteiger partial charge in [-0.05, 0) is 93.8 Å². The number of benzene rings is 2. The van der Waals surface area contributed by atoms with Gasteiger partial charge in [-0.3, -0.25) is 9.59 Å². The number of hydrogen-bond acceptors (Lipinski definition) is 4. The van der Waals surface area contributed by atoms with Gasteiger partial charge in [-0.2, -0.15) is 0 Å². The van der Waals surface area contributed by atoms with Crippen LogP contribution in [0, 0.1) is 5.92 Å². The molecule has 44 heavy (non-hydrogen) atoms. The molecule has 238 valence electrons. The van der Waals surface area contributed by atoms with E-state index in [1.165, 1.54) is 11.1 Å². The topological polar surface area (TPSA) is 76.2 Å². The van der Waals surface area contributed by atoms with Crippen molar-refractivity contribution in [3.8, 4) is 0 Å². The van der Waals surface area contributed by atoms with Gasteiger partial charge in [-0.25, -0.2) is 4.79 Å². The minimum atomic E-state index is -0.372. The highest BCUT2D eigenvalue weighted by Crippen LogP contribution is 2.27. The van der Waals surface area contributed by atoms with Crippen LogP contribution in [0.3, 0.4) is 0 Å². The van der Waals surface area contributed by atoms with Gasteiger partial charge in [0.2, 0.25) is 11.8 Å². The van der Waals surface area contributed by atoms with Crippen molar-refractivity contribution < 1.29 is 14.4 Å². The van der Waals surface area contributed by atoms with Gasteiger partial charge in [0.25, 0.3) is 0 Å². The number of nitrogens with one attached hydrogen (secondary N) is 1. The van der Waals surface area contributed by atoms with Crippen molar-refractivity contribution in [1.29, 1.82) is 0 Å². The third-order valence-corrected chi connectivity index (χ3v) is 10.2. The summed E-state index contributed by atoms with van der Waals surface area (Å²) in [5.74, 6) is -0.203. The summed E-state index contributed by atoms with van der Waals surface area (Å²) < 4.78 is 0. The van der Waals surface area contributed by atoms with Gasteiger partial charge in [0.15, 0.2) is 0 Å². The summed E-state index contributed by atoms with van der Waals surface area (Å²) >= 11 is 0. The van der Waals surface area contributed by atoms with Crippen molar-refractivity contribution in [1.82, 2.24) is 19.6 Å². The first-order valence-corrected chi connectivity index (χ1v) is 16.8. The van der Waals surface area contributed by atoms with Crippen molar-refractivity contribution in [2.24, 2.45) is 5.92 Å². The number of aryl methyl sites for hydroxylation is 2. The fourth-order valence-electron chi connectivity index (χ4n) is 7.38. The number of hydrogen-bond donors (Lipinski definition) is 1. The minimum Gasteiger partial charge on any atom is -0.343 e. The first kappa shape index (κ1) is 32.0. The van der Waals surface area contributed by atoms with Crippen molar-refractivity contribution in [3.05, 3.63) is 64.7 Å². The largest absolute Gasteiger partial charge is 0.343 e. The molecule has 4 amide bonds. The molecule has 2 fully saturated rings. The third kappa shape index (κ3) is 7.45. The van der Waals surface area contributed by atoms with E-state index in [4.69, 9.17) is 0 Å². The molecule has 0 aliphatic carbocycles. The van der Waals surface area contributed by atoms with Gasteiger partial charge in [0, 0.05) is 56.9 Å². The molecule has 0 unspecified atom stereocenters. The number of fused-ring (bicyclic) bond motifs is 1. The smallest absolute Gasteiger partial charge is 0.322 e. The van der Waals surface area contributed by atoms with Crippen LogP contribution in [-0.4, -0.2) is 96.3 Å². The van der Waals surface area contributed by atoms with Crippen LogP contribution in [0.15, 0.2) is 42.5 Å². The molecule has 0 saturated carbocycles.